The summed E-state index contributed by atoms with van der Waals surface area (Å²) in [6, 6.07) is 11.0. The molecule has 0 atom stereocenters. The topological polar surface area (TPSA) is 81.2 Å². The van der Waals surface area contributed by atoms with Gasteiger partial charge in [0, 0.05) is 31.3 Å². The van der Waals surface area contributed by atoms with Crippen molar-refractivity contribution in [2.24, 2.45) is 5.92 Å². The Morgan fingerprint density at radius 2 is 1.81 bits per heavy atom. The van der Waals surface area contributed by atoms with Gasteiger partial charge in [-0.15, -0.1) is 0 Å². The normalized spacial score (nSPS) is 14.3. The molecule has 2 heterocycles. The van der Waals surface area contributed by atoms with Crippen LogP contribution in [0.15, 0.2) is 42.6 Å². The molecular formula is C24H31N3O5. The maximum absolute atomic E-state index is 12.1. The lowest BCUT2D eigenvalue weighted by atomic mass is 9.98. The zero-order chi connectivity index (χ0) is 23.1. The summed E-state index contributed by atoms with van der Waals surface area (Å²) in [5, 5.41) is 1.18. The van der Waals surface area contributed by atoms with E-state index >= 15 is 0 Å². The third kappa shape index (κ3) is 6.20. The molecule has 1 aliphatic heterocycles. The number of hydrogen-bond acceptors (Lipinski definition) is 6. The second-order valence-corrected chi connectivity index (χ2v) is 8.12. The lowest BCUT2D eigenvalue weighted by Crippen LogP contribution is -2.40. The van der Waals surface area contributed by atoms with Crippen molar-refractivity contribution in [3.63, 3.8) is 0 Å². The van der Waals surface area contributed by atoms with Gasteiger partial charge in [-0.05, 0) is 56.9 Å². The summed E-state index contributed by atoms with van der Waals surface area (Å²) in [6.07, 6.45) is 3.16. The summed E-state index contributed by atoms with van der Waals surface area (Å²) in [4.78, 5) is 35.3. The molecule has 0 radical (unpaired) electrons. The van der Waals surface area contributed by atoms with E-state index in [1.54, 1.807) is 30.3 Å². The van der Waals surface area contributed by atoms with Gasteiger partial charge in [0.1, 0.15) is 5.75 Å². The number of rotatable bonds is 7. The van der Waals surface area contributed by atoms with Crippen LogP contribution in [0.5, 0.6) is 5.75 Å². The molecule has 1 saturated heterocycles. The van der Waals surface area contributed by atoms with Gasteiger partial charge < -0.3 is 14.4 Å². The average Bonchev–Trinajstić information content (AvgIpc) is 2.82. The number of benzene rings is 1. The van der Waals surface area contributed by atoms with Gasteiger partial charge in [-0.3, -0.25) is 14.6 Å². The van der Waals surface area contributed by atoms with E-state index < -0.39 is 0 Å². The van der Waals surface area contributed by atoms with Crippen LogP contribution in [0.25, 0.3) is 11.3 Å². The van der Waals surface area contributed by atoms with Crippen molar-refractivity contribution >= 4 is 12.0 Å². The van der Waals surface area contributed by atoms with Gasteiger partial charge in [-0.1, -0.05) is 12.1 Å². The minimum atomic E-state index is -0.234. The van der Waals surface area contributed by atoms with Gasteiger partial charge in [0.05, 0.1) is 31.7 Å². The summed E-state index contributed by atoms with van der Waals surface area (Å²) in [7, 11) is 3.02. The van der Waals surface area contributed by atoms with E-state index in [0.29, 0.717) is 36.9 Å². The fraction of sp³-hybridized carbons (Fsp3) is 0.458. The number of likely N-dealkylation sites (tertiary alicyclic amines) is 1. The Morgan fingerprint density at radius 1 is 1.12 bits per heavy atom. The molecular weight excluding hydrogens is 410 g/mol. The molecule has 2 aromatic rings. The molecule has 0 aliphatic carbocycles. The molecule has 1 aromatic carbocycles. The number of carbonyl (C=O) groups excluding carboxylic acids is 2. The van der Waals surface area contributed by atoms with Crippen LogP contribution in [0, 0.1) is 5.92 Å². The number of ether oxygens (including phenoxy) is 2. The third-order valence-electron chi connectivity index (χ3n) is 5.42. The number of piperidine rings is 1. The molecule has 0 unspecified atom stereocenters. The summed E-state index contributed by atoms with van der Waals surface area (Å²) in [5.74, 6) is 0.899. The summed E-state index contributed by atoms with van der Waals surface area (Å²) in [6.45, 7) is 5.69. The van der Waals surface area contributed by atoms with E-state index in [0.717, 1.165) is 24.1 Å². The molecule has 0 saturated carbocycles. The van der Waals surface area contributed by atoms with E-state index in [1.807, 2.05) is 38.1 Å². The predicted molar refractivity (Wildman–Crippen MR) is 120 cm³/mol. The lowest BCUT2D eigenvalue weighted by Gasteiger charge is -2.31. The van der Waals surface area contributed by atoms with E-state index in [-0.39, 0.29) is 18.1 Å². The van der Waals surface area contributed by atoms with Gasteiger partial charge in [0.2, 0.25) is 0 Å². The van der Waals surface area contributed by atoms with Gasteiger partial charge in [-0.2, -0.15) is 0 Å². The number of aromatic nitrogens is 1. The molecule has 32 heavy (non-hydrogen) atoms. The number of hydrogen-bond donors (Lipinski definition) is 0. The summed E-state index contributed by atoms with van der Waals surface area (Å²) < 4.78 is 11.2. The second-order valence-electron chi connectivity index (χ2n) is 8.12. The van der Waals surface area contributed by atoms with Crippen LogP contribution in [-0.4, -0.2) is 66.9 Å². The zero-order valence-corrected chi connectivity index (χ0v) is 19.1. The van der Waals surface area contributed by atoms with Crippen molar-refractivity contribution in [3.8, 4) is 17.0 Å². The van der Waals surface area contributed by atoms with Gasteiger partial charge in [0.25, 0.3) is 5.91 Å². The lowest BCUT2D eigenvalue weighted by molar-refractivity contribution is -0.0756. The quantitative estimate of drug-likeness (QED) is 0.604. The van der Waals surface area contributed by atoms with Crippen molar-refractivity contribution in [3.05, 3.63) is 48.2 Å². The Bertz CT molecular complexity index is 891. The van der Waals surface area contributed by atoms with Gasteiger partial charge in [0.15, 0.2) is 0 Å². The minimum absolute atomic E-state index is 0.100. The highest BCUT2D eigenvalue weighted by Gasteiger charge is 2.24. The number of pyridine rings is 1. The zero-order valence-electron chi connectivity index (χ0n) is 19.1. The van der Waals surface area contributed by atoms with Crippen molar-refractivity contribution in [1.82, 2.24) is 14.9 Å². The maximum Gasteiger partial charge on any atom is 0.410 e. The first-order valence-electron chi connectivity index (χ1n) is 10.8. The van der Waals surface area contributed by atoms with Gasteiger partial charge >= 0.3 is 6.09 Å². The summed E-state index contributed by atoms with van der Waals surface area (Å²) >= 11 is 0. The molecule has 1 fully saturated rings. The predicted octanol–water partition coefficient (Wildman–Crippen LogP) is 4.02. The van der Waals surface area contributed by atoms with Crippen LogP contribution in [0.2, 0.25) is 0 Å². The van der Waals surface area contributed by atoms with E-state index in [4.69, 9.17) is 14.3 Å². The molecule has 8 heteroatoms. The molecule has 3 rings (SSSR count). The van der Waals surface area contributed by atoms with Crippen LogP contribution in [-0.2, 0) is 9.57 Å². The first kappa shape index (κ1) is 23.5. The van der Waals surface area contributed by atoms with Crippen LogP contribution < -0.4 is 4.74 Å². The van der Waals surface area contributed by atoms with Crippen molar-refractivity contribution in [1.29, 1.82) is 0 Å². The highest BCUT2D eigenvalue weighted by atomic mass is 16.7. The molecule has 1 aromatic heterocycles. The van der Waals surface area contributed by atoms with E-state index in [1.165, 1.54) is 12.2 Å². The molecule has 1 aliphatic rings. The Hall–Kier alpha value is -3.13. The fourth-order valence-electron chi connectivity index (χ4n) is 3.46. The smallest absolute Gasteiger partial charge is 0.410 e. The van der Waals surface area contributed by atoms with E-state index in [2.05, 4.69) is 4.98 Å². The highest BCUT2D eigenvalue weighted by Crippen LogP contribution is 2.23. The first-order valence-corrected chi connectivity index (χ1v) is 10.8. The van der Waals surface area contributed by atoms with Crippen LogP contribution in [0.3, 0.4) is 0 Å². The molecule has 172 valence electrons. The SMILES string of the molecule is CON(C)C(=O)c1ccc(-c2ccc(OCC3CCN(C(=O)OC(C)C)CC3)cn2)cc1. The molecule has 2 amide bonds. The monoisotopic (exact) mass is 441 g/mol. The standard InChI is InChI=1S/C24H31N3O5/c1-17(2)32-24(29)27-13-11-18(12-14-27)16-31-21-9-10-22(25-15-21)19-5-7-20(8-6-19)23(28)26(3)30-4/h5-10,15,17-18H,11-14,16H2,1-4H3. The Morgan fingerprint density at radius 3 is 2.38 bits per heavy atom. The fourth-order valence-corrected chi connectivity index (χ4v) is 3.46. The number of hydroxylamine groups is 2. The van der Waals surface area contributed by atoms with Crippen LogP contribution in [0.1, 0.15) is 37.0 Å². The Labute approximate surface area is 189 Å². The van der Waals surface area contributed by atoms with Crippen molar-refractivity contribution < 1.29 is 23.9 Å². The Balaban J connectivity index is 1.48. The third-order valence-corrected chi connectivity index (χ3v) is 5.42. The Kier molecular flexibility index (Phi) is 8.05. The molecule has 8 nitrogen and oxygen atoms in total. The highest BCUT2D eigenvalue weighted by molar-refractivity contribution is 5.93. The summed E-state index contributed by atoms with van der Waals surface area (Å²) in [5.41, 5.74) is 2.25. The minimum Gasteiger partial charge on any atom is -0.492 e. The average molecular weight is 442 g/mol. The molecule has 0 N–H and O–H groups in total. The van der Waals surface area contributed by atoms with Crippen LogP contribution >= 0.6 is 0 Å². The number of amides is 2. The van der Waals surface area contributed by atoms with E-state index in [9.17, 15) is 9.59 Å². The number of carbonyl (C=O) groups is 2. The van der Waals surface area contributed by atoms with Gasteiger partial charge in [-0.25, -0.2) is 9.86 Å². The second kappa shape index (κ2) is 10.9. The molecule has 0 bridgehead atoms. The maximum atomic E-state index is 12.1. The number of nitrogens with zero attached hydrogens (tertiary/aromatic N) is 3. The van der Waals surface area contributed by atoms with Crippen LogP contribution in [0.4, 0.5) is 4.79 Å². The first-order chi connectivity index (χ1) is 15.4. The largest absolute Gasteiger partial charge is 0.492 e. The van der Waals surface area contributed by atoms with Crippen molar-refractivity contribution in [2.45, 2.75) is 32.8 Å². The molecule has 0 spiro atoms. The van der Waals surface area contributed by atoms with Crippen molar-refractivity contribution in [2.75, 3.05) is 33.9 Å².